The van der Waals surface area contributed by atoms with E-state index in [1.54, 1.807) is 0 Å². The molecule has 4 aromatic carbocycles. The summed E-state index contributed by atoms with van der Waals surface area (Å²) in [7, 11) is -3.16. The molecule has 0 aliphatic carbocycles. The van der Waals surface area contributed by atoms with E-state index >= 15 is 0 Å². The molecular formula is C29H32NO2P3S. The van der Waals surface area contributed by atoms with Crippen LogP contribution in [0.5, 0.6) is 0 Å². The Morgan fingerprint density at radius 1 is 0.611 bits per heavy atom. The van der Waals surface area contributed by atoms with E-state index in [9.17, 15) is 0 Å². The van der Waals surface area contributed by atoms with Crippen molar-refractivity contribution in [1.82, 2.24) is 0 Å². The minimum atomic E-state index is -2.89. The SMILES string of the molecule is CCOP(=S)(N=P(CP(c1ccccc1)c1ccccc1)(c1ccccc1)c1ccccc1)OCC. The normalized spacial score (nSPS) is 12.0. The first-order valence-electron chi connectivity index (χ1n) is 12.1. The summed E-state index contributed by atoms with van der Waals surface area (Å²) in [5.41, 5.74) is 0. The molecule has 0 fully saturated rings. The molecule has 0 N–H and O–H groups in total. The van der Waals surface area contributed by atoms with Crippen molar-refractivity contribution in [1.29, 1.82) is 0 Å². The summed E-state index contributed by atoms with van der Waals surface area (Å²) >= 11 is 6.07. The zero-order valence-corrected chi connectivity index (χ0v) is 24.2. The van der Waals surface area contributed by atoms with Crippen molar-refractivity contribution in [3.8, 4) is 0 Å². The molecule has 0 unspecified atom stereocenters. The van der Waals surface area contributed by atoms with Crippen LogP contribution < -0.4 is 21.2 Å². The molecule has 0 aromatic heterocycles. The fraction of sp³-hybridized carbons (Fsp3) is 0.172. The Labute approximate surface area is 221 Å². The number of hydrogen-bond donors (Lipinski definition) is 0. The van der Waals surface area contributed by atoms with Gasteiger partial charge in [0, 0.05) is 13.0 Å². The first-order chi connectivity index (χ1) is 17.6. The Morgan fingerprint density at radius 2 is 0.972 bits per heavy atom. The van der Waals surface area contributed by atoms with Crippen LogP contribution in [0.25, 0.3) is 0 Å². The van der Waals surface area contributed by atoms with E-state index in [1.165, 1.54) is 21.2 Å². The second kappa shape index (κ2) is 13.1. The third-order valence-electron chi connectivity index (χ3n) is 5.70. The molecular weight excluding hydrogens is 519 g/mol. The van der Waals surface area contributed by atoms with Gasteiger partial charge in [-0.25, -0.2) is 4.52 Å². The van der Waals surface area contributed by atoms with Gasteiger partial charge in [-0.1, -0.05) is 121 Å². The Morgan fingerprint density at radius 3 is 1.33 bits per heavy atom. The Balaban J connectivity index is 2.04. The lowest BCUT2D eigenvalue weighted by Crippen LogP contribution is -2.23. The maximum Gasteiger partial charge on any atom is 0.308 e. The highest BCUT2D eigenvalue weighted by molar-refractivity contribution is 8.11. The molecule has 0 aliphatic heterocycles. The van der Waals surface area contributed by atoms with Crippen molar-refractivity contribution in [2.24, 2.45) is 4.52 Å². The monoisotopic (exact) mass is 551 g/mol. The predicted molar refractivity (Wildman–Crippen MR) is 163 cm³/mol. The van der Waals surface area contributed by atoms with Crippen LogP contribution >= 0.6 is 21.6 Å². The summed E-state index contributed by atoms with van der Waals surface area (Å²) in [4.78, 5) is 0. The van der Waals surface area contributed by atoms with Gasteiger partial charge < -0.3 is 9.05 Å². The second-order valence-corrected chi connectivity index (χ2v) is 17.2. The van der Waals surface area contributed by atoms with Crippen LogP contribution in [0.1, 0.15) is 13.8 Å². The first kappa shape index (κ1) is 27.2. The molecule has 0 spiro atoms. The number of hydrogen-bond acceptors (Lipinski definition) is 3. The van der Waals surface area contributed by atoms with Gasteiger partial charge in [-0.2, -0.15) is 0 Å². The maximum absolute atomic E-state index is 6.13. The number of nitrogens with zero attached hydrogens (tertiary/aromatic N) is 1. The van der Waals surface area contributed by atoms with E-state index in [1.807, 2.05) is 13.8 Å². The summed E-state index contributed by atoms with van der Waals surface area (Å²) in [6.45, 7) is 1.96. The molecule has 0 atom stereocenters. The number of benzene rings is 4. The number of rotatable bonds is 11. The average molecular weight is 552 g/mol. The van der Waals surface area contributed by atoms with Crippen molar-refractivity contribution in [3.05, 3.63) is 121 Å². The molecule has 0 heterocycles. The van der Waals surface area contributed by atoms with Crippen molar-refractivity contribution >= 4 is 54.6 Å². The van der Waals surface area contributed by atoms with E-state index in [0.717, 1.165) is 5.90 Å². The smallest absolute Gasteiger partial charge is 0.308 e. The lowest BCUT2D eigenvalue weighted by molar-refractivity contribution is 0.268. The lowest BCUT2D eigenvalue weighted by atomic mass is 10.4. The topological polar surface area (TPSA) is 30.8 Å². The molecule has 0 saturated heterocycles. The van der Waals surface area contributed by atoms with Crippen molar-refractivity contribution < 1.29 is 9.05 Å². The van der Waals surface area contributed by atoms with Gasteiger partial charge in [0.1, 0.15) is 0 Å². The van der Waals surface area contributed by atoms with Crippen LogP contribution in [0.15, 0.2) is 126 Å². The molecule has 0 aliphatic rings. The summed E-state index contributed by atoms with van der Waals surface area (Å²) in [6, 6.07) is 42.9. The van der Waals surface area contributed by atoms with E-state index in [-0.39, 0.29) is 0 Å². The molecule has 4 rings (SSSR count). The summed E-state index contributed by atoms with van der Waals surface area (Å²) < 4.78 is 17.8. The van der Waals surface area contributed by atoms with E-state index in [4.69, 9.17) is 25.4 Å². The molecule has 7 heteroatoms. The first-order valence-corrected chi connectivity index (χ1v) is 18.2. The lowest BCUT2D eigenvalue weighted by Gasteiger charge is -2.33. The van der Waals surface area contributed by atoms with Gasteiger partial charge >= 0.3 is 6.64 Å². The van der Waals surface area contributed by atoms with Crippen LogP contribution in [-0.4, -0.2) is 19.1 Å². The summed E-state index contributed by atoms with van der Waals surface area (Å²) in [6.07, 6.45) is 0. The Kier molecular flexibility index (Phi) is 9.86. The van der Waals surface area contributed by atoms with Crippen molar-refractivity contribution in [3.63, 3.8) is 0 Å². The zero-order valence-electron chi connectivity index (χ0n) is 20.7. The highest BCUT2D eigenvalue weighted by atomic mass is 32.5. The minimum absolute atomic E-state index is 0.469. The second-order valence-electron chi connectivity index (χ2n) is 8.07. The summed E-state index contributed by atoms with van der Waals surface area (Å²) in [5.74, 6) is 0.850. The fourth-order valence-electron chi connectivity index (χ4n) is 4.13. The van der Waals surface area contributed by atoms with E-state index in [2.05, 4.69) is 121 Å². The van der Waals surface area contributed by atoms with Gasteiger partial charge in [-0.15, -0.1) is 0 Å². The molecule has 186 valence electrons. The van der Waals surface area contributed by atoms with Crippen molar-refractivity contribution in [2.45, 2.75) is 13.8 Å². The van der Waals surface area contributed by atoms with Crippen LogP contribution in [-0.2, 0) is 20.9 Å². The molecule has 0 radical (unpaired) electrons. The third-order valence-corrected chi connectivity index (χ3v) is 17.2. The highest BCUT2D eigenvalue weighted by Gasteiger charge is 2.34. The van der Waals surface area contributed by atoms with Gasteiger partial charge in [-0.3, -0.25) is 0 Å². The van der Waals surface area contributed by atoms with E-state index in [0.29, 0.717) is 13.2 Å². The summed E-state index contributed by atoms with van der Waals surface area (Å²) in [5, 5.41) is 5.05. The largest absolute Gasteiger partial charge is 0.313 e. The van der Waals surface area contributed by atoms with Gasteiger partial charge in [0.2, 0.25) is 0 Å². The Bertz CT molecular complexity index is 1230. The van der Waals surface area contributed by atoms with Crippen LogP contribution in [0, 0.1) is 0 Å². The van der Waals surface area contributed by atoms with Gasteiger partial charge in [0.05, 0.1) is 13.2 Å². The van der Waals surface area contributed by atoms with Gasteiger partial charge in [0.15, 0.2) is 0 Å². The minimum Gasteiger partial charge on any atom is -0.313 e. The Hall–Kier alpha value is -1.89. The van der Waals surface area contributed by atoms with Gasteiger partial charge in [-0.05, 0) is 54.8 Å². The van der Waals surface area contributed by atoms with Gasteiger partial charge in [0.25, 0.3) is 0 Å². The molecule has 3 nitrogen and oxygen atoms in total. The average Bonchev–Trinajstić information content (AvgIpc) is 2.93. The van der Waals surface area contributed by atoms with Crippen LogP contribution in [0.4, 0.5) is 0 Å². The molecule has 0 bridgehead atoms. The molecule has 36 heavy (non-hydrogen) atoms. The maximum atomic E-state index is 6.13. The van der Waals surface area contributed by atoms with E-state index < -0.39 is 21.6 Å². The third kappa shape index (κ3) is 6.51. The predicted octanol–water partition coefficient (Wildman–Crippen LogP) is 7.23. The fourth-order valence-corrected chi connectivity index (χ4v) is 17.3. The van der Waals surface area contributed by atoms with Crippen molar-refractivity contribution in [2.75, 3.05) is 19.1 Å². The highest BCUT2D eigenvalue weighted by Crippen LogP contribution is 2.66. The van der Waals surface area contributed by atoms with Crippen LogP contribution in [0.3, 0.4) is 0 Å². The quantitative estimate of drug-likeness (QED) is 0.184. The molecule has 0 amide bonds. The van der Waals surface area contributed by atoms with Crippen LogP contribution in [0.2, 0.25) is 0 Å². The molecule has 0 saturated carbocycles. The zero-order chi connectivity index (χ0) is 25.3. The molecule has 4 aromatic rings. The standard InChI is InChI=1S/C29H32NO2P3S/c1-3-31-35(36,32-4-2)30-34(28-21-13-7-14-22-28,29-23-15-8-16-24-29)25-33(26-17-9-5-10-18-26)27-19-11-6-12-20-27/h5-24H,3-4,25H2,1-2H3.